The zero-order chi connectivity index (χ0) is 17.3. The van der Waals surface area contributed by atoms with Gasteiger partial charge in [0.2, 0.25) is 10.0 Å². The Kier molecular flexibility index (Phi) is 4.51. The summed E-state index contributed by atoms with van der Waals surface area (Å²) in [4.78, 5) is 2.14. The number of aromatic nitrogens is 2. The fraction of sp³-hybridized carbons (Fsp3) is 0.375. The highest BCUT2D eigenvalue weighted by molar-refractivity contribution is 7.89. The normalized spacial score (nSPS) is 16.4. The van der Waals surface area contributed by atoms with Gasteiger partial charge in [-0.1, -0.05) is 0 Å². The van der Waals surface area contributed by atoms with Gasteiger partial charge >= 0.3 is 0 Å². The van der Waals surface area contributed by atoms with E-state index in [1.165, 1.54) is 22.5 Å². The molecule has 24 heavy (non-hydrogen) atoms. The van der Waals surface area contributed by atoms with Crippen LogP contribution in [-0.4, -0.2) is 49.1 Å². The first kappa shape index (κ1) is 16.8. The molecule has 1 aliphatic rings. The summed E-state index contributed by atoms with van der Waals surface area (Å²) in [6.45, 7) is 5.21. The van der Waals surface area contributed by atoms with Gasteiger partial charge in [0.15, 0.2) is 5.82 Å². The van der Waals surface area contributed by atoms with Crippen molar-refractivity contribution in [3.05, 3.63) is 47.4 Å². The van der Waals surface area contributed by atoms with Crippen LogP contribution in [0.2, 0.25) is 0 Å². The van der Waals surface area contributed by atoms with Gasteiger partial charge in [0.25, 0.3) is 0 Å². The molecule has 1 saturated heterocycles. The predicted octanol–water partition coefficient (Wildman–Crippen LogP) is 1.74. The fourth-order valence-electron chi connectivity index (χ4n) is 2.64. The number of anilines is 1. The third-order valence-electron chi connectivity index (χ3n) is 4.11. The minimum absolute atomic E-state index is 0.130. The molecule has 0 atom stereocenters. The standard InChI is InChI=1S/C16H19FN4O2S/c1-12-11-14(4-5-15(12)17)24(22,23)21-9-7-20(8-10-21)16-6-3-13(2)18-19-16/h3-6,11H,7-10H2,1-2H3. The maximum absolute atomic E-state index is 13.4. The molecule has 0 bridgehead atoms. The van der Waals surface area contributed by atoms with E-state index in [-0.39, 0.29) is 4.90 Å². The molecule has 0 unspecified atom stereocenters. The number of aryl methyl sites for hydroxylation is 2. The van der Waals surface area contributed by atoms with Crippen molar-refractivity contribution in [2.45, 2.75) is 18.7 Å². The summed E-state index contributed by atoms with van der Waals surface area (Å²) in [5.74, 6) is 0.340. The second-order valence-corrected chi connectivity index (χ2v) is 7.77. The first-order chi connectivity index (χ1) is 11.4. The lowest BCUT2D eigenvalue weighted by molar-refractivity contribution is 0.383. The number of rotatable bonds is 3. The molecule has 0 amide bonds. The molecule has 128 valence electrons. The number of hydrogen-bond acceptors (Lipinski definition) is 5. The zero-order valence-corrected chi connectivity index (χ0v) is 14.4. The Balaban J connectivity index is 1.73. The van der Waals surface area contributed by atoms with Crippen LogP contribution in [0.25, 0.3) is 0 Å². The Bertz CT molecular complexity index is 832. The maximum atomic E-state index is 13.4. The van der Waals surface area contributed by atoms with E-state index in [9.17, 15) is 12.8 Å². The average Bonchev–Trinajstić information content (AvgIpc) is 2.58. The SMILES string of the molecule is Cc1ccc(N2CCN(S(=O)(=O)c3ccc(F)c(C)c3)CC2)nn1. The topological polar surface area (TPSA) is 66.4 Å². The monoisotopic (exact) mass is 350 g/mol. The predicted molar refractivity (Wildman–Crippen MR) is 88.9 cm³/mol. The number of nitrogens with zero attached hydrogens (tertiary/aromatic N) is 4. The molecule has 8 heteroatoms. The van der Waals surface area contributed by atoms with Crippen LogP contribution in [0.1, 0.15) is 11.3 Å². The van der Waals surface area contributed by atoms with Crippen molar-refractivity contribution >= 4 is 15.8 Å². The zero-order valence-electron chi connectivity index (χ0n) is 13.6. The van der Waals surface area contributed by atoms with E-state index >= 15 is 0 Å². The molecule has 1 fully saturated rings. The lowest BCUT2D eigenvalue weighted by Crippen LogP contribution is -2.49. The van der Waals surface area contributed by atoms with E-state index in [0.717, 1.165) is 11.5 Å². The molecular formula is C16H19FN4O2S. The van der Waals surface area contributed by atoms with Crippen molar-refractivity contribution in [2.24, 2.45) is 0 Å². The molecule has 0 saturated carbocycles. The molecule has 0 aliphatic carbocycles. The molecule has 6 nitrogen and oxygen atoms in total. The second kappa shape index (κ2) is 6.45. The van der Waals surface area contributed by atoms with E-state index in [0.29, 0.717) is 31.7 Å². The van der Waals surface area contributed by atoms with Crippen LogP contribution in [0.15, 0.2) is 35.2 Å². The molecule has 3 rings (SSSR count). The van der Waals surface area contributed by atoms with Gasteiger partial charge in [-0.3, -0.25) is 0 Å². The van der Waals surface area contributed by atoms with Crippen LogP contribution in [0.5, 0.6) is 0 Å². The van der Waals surface area contributed by atoms with Crippen LogP contribution in [0, 0.1) is 19.7 Å². The van der Waals surface area contributed by atoms with Gasteiger partial charge in [0.05, 0.1) is 10.6 Å². The van der Waals surface area contributed by atoms with Crippen molar-refractivity contribution in [3.63, 3.8) is 0 Å². The largest absolute Gasteiger partial charge is 0.352 e. The number of hydrogen-bond donors (Lipinski definition) is 0. The Morgan fingerprint density at radius 2 is 1.71 bits per heavy atom. The maximum Gasteiger partial charge on any atom is 0.243 e. The van der Waals surface area contributed by atoms with Gasteiger partial charge in [0, 0.05) is 26.2 Å². The van der Waals surface area contributed by atoms with Crippen molar-refractivity contribution in [2.75, 3.05) is 31.1 Å². The highest BCUT2D eigenvalue weighted by Crippen LogP contribution is 2.21. The van der Waals surface area contributed by atoms with Crippen LogP contribution >= 0.6 is 0 Å². The summed E-state index contributed by atoms with van der Waals surface area (Å²) in [5.41, 5.74) is 1.16. The Morgan fingerprint density at radius 1 is 1.00 bits per heavy atom. The molecule has 2 heterocycles. The Morgan fingerprint density at radius 3 is 2.29 bits per heavy atom. The first-order valence-corrected chi connectivity index (χ1v) is 9.13. The number of sulfonamides is 1. The lowest BCUT2D eigenvalue weighted by atomic mass is 10.2. The summed E-state index contributed by atoms with van der Waals surface area (Å²) in [6.07, 6.45) is 0. The van der Waals surface area contributed by atoms with Gasteiger partial charge in [-0.15, -0.1) is 5.10 Å². The van der Waals surface area contributed by atoms with Crippen LogP contribution < -0.4 is 4.90 Å². The summed E-state index contributed by atoms with van der Waals surface area (Å²) in [5, 5.41) is 8.16. The second-order valence-electron chi connectivity index (χ2n) is 5.84. The van der Waals surface area contributed by atoms with E-state index in [1.807, 2.05) is 24.0 Å². The van der Waals surface area contributed by atoms with Gasteiger partial charge in [0.1, 0.15) is 5.82 Å². The summed E-state index contributed by atoms with van der Waals surface area (Å²) in [7, 11) is -3.61. The summed E-state index contributed by atoms with van der Waals surface area (Å²) >= 11 is 0. The number of piperazine rings is 1. The van der Waals surface area contributed by atoms with E-state index in [4.69, 9.17) is 0 Å². The smallest absolute Gasteiger partial charge is 0.243 e. The molecule has 0 N–H and O–H groups in total. The third kappa shape index (κ3) is 3.25. The van der Waals surface area contributed by atoms with Gasteiger partial charge in [-0.25, -0.2) is 12.8 Å². The molecular weight excluding hydrogens is 331 g/mol. The molecule has 0 spiro atoms. The number of benzene rings is 1. The average molecular weight is 350 g/mol. The van der Waals surface area contributed by atoms with E-state index < -0.39 is 15.8 Å². The van der Waals surface area contributed by atoms with E-state index in [1.54, 1.807) is 6.92 Å². The van der Waals surface area contributed by atoms with E-state index in [2.05, 4.69) is 10.2 Å². The highest BCUT2D eigenvalue weighted by Gasteiger charge is 2.29. The number of halogens is 1. The molecule has 0 radical (unpaired) electrons. The minimum atomic E-state index is -3.61. The summed E-state index contributed by atoms with van der Waals surface area (Å²) in [6, 6.07) is 7.65. The molecule has 1 aromatic heterocycles. The van der Waals surface area contributed by atoms with Crippen molar-refractivity contribution < 1.29 is 12.8 Å². The quantitative estimate of drug-likeness (QED) is 0.844. The van der Waals surface area contributed by atoms with Gasteiger partial charge in [-0.2, -0.15) is 9.40 Å². The Hall–Kier alpha value is -2.06. The van der Waals surface area contributed by atoms with Gasteiger partial charge < -0.3 is 4.90 Å². The Labute approximate surface area is 141 Å². The highest BCUT2D eigenvalue weighted by atomic mass is 32.2. The van der Waals surface area contributed by atoms with Crippen molar-refractivity contribution in [1.29, 1.82) is 0 Å². The molecule has 1 aliphatic heterocycles. The minimum Gasteiger partial charge on any atom is -0.352 e. The summed E-state index contributed by atoms with van der Waals surface area (Å²) < 4.78 is 40.2. The van der Waals surface area contributed by atoms with Crippen molar-refractivity contribution in [3.8, 4) is 0 Å². The third-order valence-corrected chi connectivity index (χ3v) is 6.01. The van der Waals surface area contributed by atoms with Crippen LogP contribution in [0.4, 0.5) is 10.2 Å². The lowest BCUT2D eigenvalue weighted by Gasteiger charge is -2.34. The van der Waals surface area contributed by atoms with Crippen LogP contribution in [-0.2, 0) is 10.0 Å². The van der Waals surface area contributed by atoms with Gasteiger partial charge in [-0.05, 0) is 49.7 Å². The fourth-order valence-corrected chi connectivity index (χ4v) is 4.15. The first-order valence-electron chi connectivity index (χ1n) is 7.69. The molecule has 2 aromatic rings. The van der Waals surface area contributed by atoms with Crippen LogP contribution in [0.3, 0.4) is 0 Å². The van der Waals surface area contributed by atoms with Crippen molar-refractivity contribution in [1.82, 2.24) is 14.5 Å². The molecule has 1 aromatic carbocycles.